The molecule has 1 amide bonds. The number of thiazole rings is 1. The van der Waals surface area contributed by atoms with Crippen molar-refractivity contribution in [3.05, 3.63) is 63.7 Å². The van der Waals surface area contributed by atoms with Crippen LogP contribution >= 0.6 is 11.3 Å². The first-order valence-electron chi connectivity index (χ1n) is 9.61. The number of aromatic nitrogens is 3. The molecule has 148 valence electrons. The van der Waals surface area contributed by atoms with Crippen molar-refractivity contribution in [1.82, 2.24) is 19.9 Å². The van der Waals surface area contributed by atoms with Crippen molar-refractivity contribution in [3.63, 3.8) is 0 Å². The van der Waals surface area contributed by atoms with E-state index < -0.39 is 5.82 Å². The predicted molar refractivity (Wildman–Crippen MR) is 105 cm³/mol. The minimum absolute atomic E-state index is 0.0224. The lowest BCUT2D eigenvalue weighted by Gasteiger charge is -2.38. The number of rotatable bonds is 2. The number of benzene rings is 1. The maximum Gasteiger partial charge on any atom is 0.254 e. The lowest BCUT2D eigenvalue weighted by Crippen LogP contribution is -2.45. The number of nitrogens with zero attached hydrogens (tertiary/aromatic N) is 4. The molecule has 3 aromatic rings. The molecule has 4 heterocycles. The Kier molecular flexibility index (Phi) is 4.58. The Morgan fingerprint density at radius 2 is 1.90 bits per heavy atom. The highest BCUT2D eigenvalue weighted by molar-refractivity contribution is 7.10. The Bertz CT molecular complexity index is 1070. The molecule has 0 aliphatic carbocycles. The van der Waals surface area contributed by atoms with E-state index in [2.05, 4.69) is 15.0 Å². The third kappa shape index (κ3) is 3.42. The Labute approximate surface area is 170 Å². The van der Waals surface area contributed by atoms with E-state index in [9.17, 15) is 13.6 Å². The molecule has 5 nitrogen and oxygen atoms in total. The highest BCUT2D eigenvalue weighted by atomic mass is 32.1. The first-order valence-corrected chi connectivity index (χ1v) is 10.5. The number of aryl methyl sites for hydroxylation is 1. The molecule has 2 aromatic heterocycles. The average Bonchev–Trinajstić information content (AvgIpc) is 3.18. The Morgan fingerprint density at radius 1 is 1.07 bits per heavy atom. The normalized spacial score (nSPS) is 21.4. The molecule has 29 heavy (non-hydrogen) atoms. The molecule has 5 rings (SSSR count). The lowest BCUT2D eigenvalue weighted by molar-refractivity contribution is 0.0588. The minimum Gasteiger partial charge on any atom is -0.335 e. The summed E-state index contributed by atoms with van der Waals surface area (Å²) in [4.78, 5) is 27.7. The number of piperidine rings is 1. The minimum atomic E-state index is -0.484. The Morgan fingerprint density at radius 3 is 2.72 bits per heavy atom. The summed E-state index contributed by atoms with van der Waals surface area (Å²) in [5.74, 6) is -0.276. The SMILES string of the molecule is O=C1c2ccc(F)cc2CC[C@@H]2CC[C@@H](c3nc(-c4ncc(F)cn4)cs3)CN12. The second-order valence-electron chi connectivity index (χ2n) is 7.52. The highest BCUT2D eigenvalue weighted by Crippen LogP contribution is 2.37. The molecular formula is C21H18F2N4OS. The third-order valence-corrected chi connectivity index (χ3v) is 6.74. The summed E-state index contributed by atoms with van der Waals surface area (Å²) in [5, 5.41) is 2.81. The van der Waals surface area contributed by atoms with Crippen LogP contribution in [-0.4, -0.2) is 38.3 Å². The summed E-state index contributed by atoms with van der Waals surface area (Å²) in [6, 6.07) is 4.62. The zero-order valence-corrected chi connectivity index (χ0v) is 16.3. The summed E-state index contributed by atoms with van der Waals surface area (Å²) in [5.41, 5.74) is 2.02. The summed E-state index contributed by atoms with van der Waals surface area (Å²) < 4.78 is 26.7. The van der Waals surface area contributed by atoms with Crippen LogP contribution in [0.5, 0.6) is 0 Å². The van der Waals surface area contributed by atoms with Crippen molar-refractivity contribution in [2.45, 2.75) is 37.6 Å². The number of hydrogen-bond donors (Lipinski definition) is 0. The van der Waals surface area contributed by atoms with E-state index in [0.29, 0.717) is 30.0 Å². The van der Waals surface area contributed by atoms with E-state index in [1.54, 1.807) is 6.07 Å². The van der Waals surface area contributed by atoms with Gasteiger partial charge in [-0.1, -0.05) is 0 Å². The molecule has 0 radical (unpaired) electrons. The van der Waals surface area contributed by atoms with Gasteiger partial charge in [0.15, 0.2) is 11.6 Å². The van der Waals surface area contributed by atoms with E-state index in [1.807, 2.05) is 10.3 Å². The van der Waals surface area contributed by atoms with Crippen molar-refractivity contribution in [1.29, 1.82) is 0 Å². The molecule has 2 atom stereocenters. The van der Waals surface area contributed by atoms with Gasteiger partial charge in [0.2, 0.25) is 0 Å². The van der Waals surface area contributed by atoms with Crippen molar-refractivity contribution in [3.8, 4) is 11.5 Å². The van der Waals surface area contributed by atoms with Crippen LogP contribution in [0.25, 0.3) is 11.5 Å². The maximum absolute atomic E-state index is 13.6. The second-order valence-corrected chi connectivity index (χ2v) is 8.41. The standard InChI is InChI=1S/C21H18F2N4OS/c22-14-3-6-17-12(7-14)1-4-16-5-2-13(10-27(16)21(17)28)20-26-18(11-29-20)19-24-8-15(23)9-25-19/h3,6-9,11,13,16H,1-2,4-5,10H2/t13-,16-/m1/s1. The zero-order chi connectivity index (χ0) is 20.0. The van der Waals surface area contributed by atoms with Crippen molar-refractivity contribution >= 4 is 17.2 Å². The smallest absolute Gasteiger partial charge is 0.254 e. The van der Waals surface area contributed by atoms with Gasteiger partial charge >= 0.3 is 0 Å². The molecule has 2 aliphatic heterocycles. The van der Waals surface area contributed by atoms with Crippen molar-refractivity contribution in [2.24, 2.45) is 0 Å². The Balaban J connectivity index is 1.39. The fraction of sp³-hybridized carbons (Fsp3) is 0.333. The van der Waals surface area contributed by atoms with Crippen LogP contribution in [-0.2, 0) is 6.42 Å². The molecule has 0 bridgehead atoms. The lowest BCUT2D eigenvalue weighted by atomic mass is 9.91. The highest BCUT2D eigenvalue weighted by Gasteiger charge is 2.36. The van der Waals surface area contributed by atoms with Crippen LogP contribution in [0.15, 0.2) is 36.0 Å². The second kappa shape index (κ2) is 7.26. The van der Waals surface area contributed by atoms with Crippen LogP contribution in [0.1, 0.15) is 46.1 Å². The van der Waals surface area contributed by atoms with Crippen LogP contribution in [0.3, 0.4) is 0 Å². The van der Waals surface area contributed by atoms with E-state index in [-0.39, 0.29) is 23.7 Å². The molecular weight excluding hydrogens is 394 g/mol. The van der Waals surface area contributed by atoms with Gasteiger partial charge in [-0.05, 0) is 49.4 Å². The van der Waals surface area contributed by atoms with Crippen LogP contribution in [0, 0.1) is 11.6 Å². The van der Waals surface area contributed by atoms with Gasteiger partial charge in [0.05, 0.1) is 17.4 Å². The number of hydrogen-bond acceptors (Lipinski definition) is 5. The zero-order valence-electron chi connectivity index (χ0n) is 15.5. The van der Waals surface area contributed by atoms with Gasteiger partial charge < -0.3 is 4.90 Å². The summed E-state index contributed by atoms with van der Waals surface area (Å²) >= 11 is 1.52. The number of carbonyl (C=O) groups excluding carboxylic acids is 1. The molecule has 0 saturated carbocycles. The first-order chi connectivity index (χ1) is 14.1. The van der Waals surface area contributed by atoms with E-state index in [4.69, 9.17) is 0 Å². The van der Waals surface area contributed by atoms with Crippen LogP contribution < -0.4 is 0 Å². The fourth-order valence-electron chi connectivity index (χ4n) is 4.25. The number of halogens is 2. The predicted octanol–water partition coefficient (Wildman–Crippen LogP) is 4.21. The van der Waals surface area contributed by atoms with Crippen molar-refractivity contribution < 1.29 is 13.6 Å². The summed E-state index contributed by atoms with van der Waals surface area (Å²) in [6.07, 6.45) is 5.66. The summed E-state index contributed by atoms with van der Waals surface area (Å²) in [6.45, 7) is 0.595. The van der Waals surface area contributed by atoms with Gasteiger partial charge in [0.25, 0.3) is 5.91 Å². The summed E-state index contributed by atoms with van der Waals surface area (Å²) in [7, 11) is 0. The topological polar surface area (TPSA) is 59.0 Å². The Hall–Kier alpha value is -2.74. The largest absolute Gasteiger partial charge is 0.335 e. The molecule has 8 heteroatoms. The third-order valence-electron chi connectivity index (χ3n) is 5.73. The van der Waals surface area contributed by atoms with Crippen molar-refractivity contribution in [2.75, 3.05) is 6.54 Å². The first kappa shape index (κ1) is 18.3. The van der Waals surface area contributed by atoms with Gasteiger partial charge in [-0.2, -0.15) is 0 Å². The number of carbonyl (C=O) groups is 1. The van der Waals surface area contributed by atoms with Gasteiger partial charge in [-0.15, -0.1) is 11.3 Å². The van der Waals surface area contributed by atoms with E-state index >= 15 is 0 Å². The number of fused-ring (bicyclic) bond motifs is 2. The van der Waals surface area contributed by atoms with Crippen LogP contribution in [0.2, 0.25) is 0 Å². The molecule has 0 spiro atoms. The molecule has 0 unspecified atom stereocenters. The monoisotopic (exact) mass is 412 g/mol. The molecule has 1 fully saturated rings. The molecule has 2 aliphatic rings. The maximum atomic E-state index is 13.6. The molecule has 1 aromatic carbocycles. The van der Waals surface area contributed by atoms with Gasteiger partial charge in [0, 0.05) is 29.4 Å². The molecule has 0 N–H and O–H groups in total. The average molecular weight is 412 g/mol. The van der Waals surface area contributed by atoms with E-state index in [1.165, 1.54) is 23.5 Å². The quantitative estimate of drug-likeness (QED) is 0.633. The number of amides is 1. The van der Waals surface area contributed by atoms with Crippen LogP contribution in [0.4, 0.5) is 8.78 Å². The van der Waals surface area contributed by atoms with E-state index in [0.717, 1.165) is 42.2 Å². The fourth-order valence-corrected chi connectivity index (χ4v) is 5.18. The van der Waals surface area contributed by atoms with Gasteiger partial charge in [-0.25, -0.2) is 23.7 Å². The van der Waals surface area contributed by atoms with Gasteiger partial charge in [-0.3, -0.25) is 4.79 Å². The van der Waals surface area contributed by atoms with Gasteiger partial charge in [0.1, 0.15) is 11.5 Å². The molecule has 1 saturated heterocycles.